The molecule has 0 saturated carbocycles. The van der Waals surface area contributed by atoms with E-state index in [1.54, 1.807) is 29.2 Å². The number of benzene rings is 1. The summed E-state index contributed by atoms with van der Waals surface area (Å²) in [4.78, 5) is 67.4. The van der Waals surface area contributed by atoms with Crippen molar-refractivity contribution in [1.29, 1.82) is 0 Å². The predicted molar refractivity (Wildman–Crippen MR) is 212 cm³/mol. The Morgan fingerprint density at radius 1 is 0.776 bits per heavy atom. The standard InChI is InChI=1S/C39H54N10O9/c1-3-55-20-21-57-24-25-58-23-22-56-19-14-41-13-12-40-10-7-11-42-37(51)35-45-28-49(46-35)36-33-32(31(54-2)27-44-36)30(26-43-33)34(50)39(53)48-17-15-47(16-18-48)38(52)29-8-5-4-6-9-29/h4-6,8-9,26-28,40-41,43H,3,7,10-25H2,1-2H3,(H,42,51). The maximum Gasteiger partial charge on any atom is 0.295 e. The number of ketones is 1. The second-order valence-corrected chi connectivity index (χ2v) is 13.0. The number of H-pyrrole nitrogens is 1. The van der Waals surface area contributed by atoms with Gasteiger partial charge in [0.2, 0.25) is 5.82 Å². The highest BCUT2D eigenvalue weighted by Gasteiger charge is 2.31. The van der Waals surface area contributed by atoms with Crippen LogP contribution in [0.5, 0.6) is 5.75 Å². The first-order valence-corrected chi connectivity index (χ1v) is 19.6. The van der Waals surface area contributed by atoms with Gasteiger partial charge in [0.05, 0.1) is 76.0 Å². The van der Waals surface area contributed by atoms with E-state index in [0.717, 1.165) is 19.6 Å². The average molecular weight is 807 g/mol. The minimum absolute atomic E-state index is 0.0537. The van der Waals surface area contributed by atoms with Crippen molar-refractivity contribution in [2.75, 3.05) is 119 Å². The Morgan fingerprint density at radius 2 is 1.43 bits per heavy atom. The molecule has 314 valence electrons. The molecule has 0 bridgehead atoms. The Balaban J connectivity index is 0.995. The van der Waals surface area contributed by atoms with E-state index in [1.807, 2.05) is 13.0 Å². The molecule has 19 nitrogen and oxygen atoms in total. The first kappa shape index (κ1) is 43.8. The first-order chi connectivity index (χ1) is 28.4. The second kappa shape index (κ2) is 23.8. The number of amides is 3. The van der Waals surface area contributed by atoms with Gasteiger partial charge in [-0.25, -0.2) is 9.97 Å². The van der Waals surface area contributed by atoms with Gasteiger partial charge < -0.3 is 54.4 Å². The quantitative estimate of drug-likeness (QED) is 0.0391. The van der Waals surface area contributed by atoms with Crippen LogP contribution >= 0.6 is 0 Å². The van der Waals surface area contributed by atoms with E-state index in [2.05, 4.69) is 36.0 Å². The van der Waals surface area contributed by atoms with Gasteiger partial charge in [0.15, 0.2) is 5.82 Å². The van der Waals surface area contributed by atoms with Crippen molar-refractivity contribution in [3.8, 4) is 11.6 Å². The lowest BCUT2D eigenvalue weighted by Gasteiger charge is -2.34. The summed E-state index contributed by atoms with van der Waals surface area (Å²) in [5.74, 6) is -1.51. The SMILES string of the molecule is CCOCCOCCOCCOCCNCCNCCCNC(=O)c1ncn(-c2ncc(OC)c3c(C(=O)C(=O)N4CCN(C(=O)c5ccccc5)CC4)c[nH]c23)n1. The molecule has 3 amide bonds. The van der Waals surface area contributed by atoms with E-state index in [0.29, 0.717) is 102 Å². The summed E-state index contributed by atoms with van der Waals surface area (Å²) in [6.45, 7) is 11.0. The Morgan fingerprint density at radius 3 is 2.12 bits per heavy atom. The van der Waals surface area contributed by atoms with Crippen LogP contribution < -0.4 is 20.7 Å². The second-order valence-electron chi connectivity index (χ2n) is 13.0. The molecule has 1 aromatic carbocycles. The number of ether oxygens (including phenoxy) is 5. The molecule has 1 saturated heterocycles. The number of methoxy groups -OCH3 is 1. The van der Waals surface area contributed by atoms with Gasteiger partial charge in [-0.15, -0.1) is 5.10 Å². The van der Waals surface area contributed by atoms with E-state index in [-0.39, 0.29) is 42.0 Å². The third-order valence-electron chi connectivity index (χ3n) is 9.14. The minimum Gasteiger partial charge on any atom is -0.494 e. The van der Waals surface area contributed by atoms with E-state index in [1.165, 1.54) is 35.4 Å². The van der Waals surface area contributed by atoms with Crippen LogP contribution in [0.25, 0.3) is 16.7 Å². The van der Waals surface area contributed by atoms with E-state index >= 15 is 0 Å². The number of Topliss-reactive ketones (excluding diaryl/α,β-unsaturated/α-hetero) is 1. The van der Waals surface area contributed by atoms with Gasteiger partial charge in [0, 0.05) is 70.7 Å². The molecule has 0 atom stereocenters. The van der Waals surface area contributed by atoms with Crippen LogP contribution in [0.3, 0.4) is 0 Å². The first-order valence-electron chi connectivity index (χ1n) is 19.6. The maximum atomic E-state index is 13.6. The van der Waals surface area contributed by atoms with Crippen LogP contribution in [0.1, 0.15) is 44.7 Å². The van der Waals surface area contributed by atoms with Crippen LogP contribution in [0.15, 0.2) is 49.1 Å². The number of carbonyl (C=O) groups is 4. The van der Waals surface area contributed by atoms with Crippen molar-refractivity contribution >= 4 is 34.4 Å². The minimum atomic E-state index is -0.733. The number of nitrogens with one attached hydrogen (secondary N) is 4. The molecule has 1 aliphatic heterocycles. The largest absolute Gasteiger partial charge is 0.494 e. The zero-order chi connectivity index (χ0) is 41.0. The molecule has 58 heavy (non-hydrogen) atoms. The number of hydrogen-bond acceptors (Lipinski definition) is 14. The van der Waals surface area contributed by atoms with Gasteiger partial charge in [0.1, 0.15) is 12.1 Å². The van der Waals surface area contributed by atoms with Crippen molar-refractivity contribution < 1.29 is 42.9 Å². The smallest absolute Gasteiger partial charge is 0.295 e. The number of carbonyl (C=O) groups excluding carboxylic acids is 4. The lowest BCUT2D eigenvalue weighted by molar-refractivity contribution is -0.127. The molecule has 4 N–H and O–H groups in total. The number of fused-ring (bicyclic) bond motifs is 1. The van der Waals surface area contributed by atoms with Gasteiger partial charge in [0.25, 0.3) is 23.5 Å². The number of piperazine rings is 1. The molecule has 1 fully saturated rings. The summed E-state index contributed by atoms with van der Waals surface area (Å²) in [7, 11) is 1.44. The number of rotatable bonds is 26. The van der Waals surface area contributed by atoms with Crippen molar-refractivity contribution in [2.24, 2.45) is 0 Å². The van der Waals surface area contributed by atoms with E-state index < -0.39 is 17.6 Å². The molecule has 5 rings (SSSR count). The molecule has 4 aromatic rings. The highest BCUT2D eigenvalue weighted by molar-refractivity contribution is 6.45. The predicted octanol–water partition coefficient (Wildman–Crippen LogP) is 0.705. The van der Waals surface area contributed by atoms with Gasteiger partial charge in [-0.3, -0.25) is 19.2 Å². The van der Waals surface area contributed by atoms with Crippen LogP contribution in [-0.2, 0) is 23.7 Å². The van der Waals surface area contributed by atoms with Crippen LogP contribution in [0, 0.1) is 0 Å². The van der Waals surface area contributed by atoms with Gasteiger partial charge in [-0.2, -0.15) is 4.68 Å². The Kier molecular flexibility index (Phi) is 18.0. The topological polar surface area (TPSA) is 216 Å². The maximum absolute atomic E-state index is 13.6. The molecule has 0 aliphatic carbocycles. The normalized spacial score (nSPS) is 12.9. The number of hydrogen-bond donors (Lipinski definition) is 4. The van der Waals surface area contributed by atoms with Crippen LogP contribution in [0.4, 0.5) is 0 Å². The summed E-state index contributed by atoms with van der Waals surface area (Å²) < 4.78 is 28.4. The summed E-state index contributed by atoms with van der Waals surface area (Å²) >= 11 is 0. The molecule has 3 aromatic heterocycles. The Hall–Kier alpha value is -5.31. The van der Waals surface area contributed by atoms with Gasteiger partial charge >= 0.3 is 0 Å². The number of aromatic amines is 1. The molecule has 1 aliphatic rings. The third kappa shape index (κ3) is 12.6. The van der Waals surface area contributed by atoms with Gasteiger partial charge in [-0.1, -0.05) is 18.2 Å². The number of aromatic nitrogens is 5. The zero-order valence-corrected chi connectivity index (χ0v) is 33.2. The Labute approximate surface area is 337 Å². The fourth-order valence-corrected chi connectivity index (χ4v) is 6.09. The average Bonchev–Trinajstić information content (AvgIpc) is 3.94. The lowest BCUT2D eigenvalue weighted by Crippen LogP contribution is -2.52. The van der Waals surface area contributed by atoms with Gasteiger partial charge in [-0.05, 0) is 32.0 Å². The fourth-order valence-electron chi connectivity index (χ4n) is 6.09. The zero-order valence-electron chi connectivity index (χ0n) is 33.2. The highest BCUT2D eigenvalue weighted by Crippen LogP contribution is 2.32. The van der Waals surface area contributed by atoms with Crippen molar-refractivity contribution in [2.45, 2.75) is 13.3 Å². The molecule has 19 heteroatoms. The molecule has 0 unspecified atom stereocenters. The summed E-state index contributed by atoms with van der Waals surface area (Å²) in [6, 6.07) is 8.94. The number of pyridine rings is 1. The number of nitrogens with zero attached hydrogens (tertiary/aromatic N) is 6. The lowest BCUT2D eigenvalue weighted by atomic mass is 10.1. The fraction of sp³-hybridized carbons (Fsp3) is 0.513. The summed E-state index contributed by atoms with van der Waals surface area (Å²) in [5, 5.41) is 14.1. The molecular weight excluding hydrogens is 752 g/mol. The monoisotopic (exact) mass is 806 g/mol. The van der Waals surface area contributed by atoms with E-state index in [9.17, 15) is 19.2 Å². The van der Waals surface area contributed by atoms with Crippen molar-refractivity contribution in [3.05, 3.63) is 66.0 Å². The molecule has 0 radical (unpaired) electrons. The third-order valence-corrected chi connectivity index (χ3v) is 9.14. The Bertz CT molecular complexity index is 1900. The van der Waals surface area contributed by atoms with E-state index in [4.69, 9.17) is 23.7 Å². The van der Waals surface area contributed by atoms with Crippen LogP contribution in [-0.4, -0.2) is 177 Å². The van der Waals surface area contributed by atoms with Crippen molar-refractivity contribution in [3.63, 3.8) is 0 Å². The molecular formula is C39H54N10O9. The molecule has 4 heterocycles. The summed E-state index contributed by atoms with van der Waals surface area (Å²) in [6.07, 6.45) is 4.90. The molecule has 0 spiro atoms. The summed E-state index contributed by atoms with van der Waals surface area (Å²) in [5.41, 5.74) is 1.04. The van der Waals surface area contributed by atoms with Crippen molar-refractivity contribution in [1.82, 2.24) is 50.5 Å². The highest BCUT2D eigenvalue weighted by atomic mass is 16.6. The van der Waals surface area contributed by atoms with Crippen LogP contribution in [0.2, 0.25) is 0 Å².